The maximum atomic E-state index is 12.1. The Labute approximate surface area is 132 Å². The third-order valence-electron chi connectivity index (χ3n) is 3.27. The van der Waals surface area contributed by atoms with Gasteiger partial charge in [0.2, 0.25) is 0 Å². The highest BCUT2D eigenvalue weighted by molar-refractivity contribution is 5.95. The lowest BCUT2D eigenvalue weighted by atomic mass is 10.2. The number of aromatic nitrogens is 4. The molecule has 0 aromatic carbocycles. The fraction of sp³-hybridized carbons (Fsp3) is 0.125. The van der Waals surface area contributed by atoms with E-state index in [1.165, 1.54) is 10.9 Å². The van der Waals surface area contributed by atoms with E-state index < -0.39 is 0 Å². The molecule has 0 bridgehead atoms. The number of carbonyl (C=O) groups excluding carboxylic acids is 1. The lowest BCUT2D eigenvalue weighted by molar-refractivity contribution is 0.0957. The summed E-state index contributed by atoms with van der Waals surface area (Å²) in [6.45, 7) is 5.76. The number of hydrogen-bond donors (Lipinski definition) is 1. The average molecular weight is 309 g/mol. The molecule has 0 saturated heterocycles. The molecule has 0 spiro atoms. The summed E-state index contributed by atoms with van der Waals surface area (Å²) in [5.41, 5.74) is 1.77. The molecule has 1 amide bonds. The molecule has 1 N–H and O–H groups in total. The third-order valence-corrected chi connectivity index (χ3v) is 3.27. The van der Waals surface area contributed by atoms with Gasteiger partial charge in [-0.3, -0.25) is 4.79 Å². The molecule has 0 radical (unpaired) electrons. The van der Waals surface area contributed by atoms with E-state index in [0.29, 0.717) is 35.2 Å². The molecular formula is C16H15N5O2. The Balaban J connectivity index is 1.94. The molecule has 3 aromatic rings. The minimum absolute atomic E-state index is 0.212. The summed E-state index contributed by atoms with van der Waals surface area (Å²) in [7, 11) is 0. The van der Waals surface area contributed by atoms with Crippen molar-refractivity contribution in [2.45, 2.75) is 6.92 Å². The van der Waals surface area contributed by atoms with Crippen molar-refractivity contribution in [1.82, 2.24) is 25.1 Å². The number of hydrogen-bond acceptors (Lipinski definition) is 5. The summed E-state index contributed by atoms with van der Waals surface area (Å²) >= 11 is 0. The molecule has 0 atom stereocenters. The van der Waals surface area contributed by atoms with Crippen LogP contribution in [0.3, 0.4) is 0 Å². The highest BCUT2D eigenvalue weighted by atomic mass is 16.3. The van der Waals surface area contributed by atoms with Gasteiger partial charge in [-0.15, -0.1) is 6.58 Å². The van der Waals surface area contributed by atoms with Crippen LogP contribution in [0.25, 0.3) is 17.4 Å². The minimum atomic E-state index is -0.212. The van der Waals surface area contributed by atoms with Crippen LogP contribution >= 0.6 is 0 Å². The van der Waals surface area contributed by atoms with Crippen LogP contribution in [0.2, 0.25) is 0 Å². The molecule has 0 aliphatic heterocycles. The standard InChI is InChI=1S/C16H15N5O2/c1-3-7-17-15(22)12-10-19-21(11(12)2)16-18-8-6-13(20-16)14-5-4-9-23-14/h3-6,8-10H,1,7H2,2H3,(H,17,22). The van der Waals surface area contributed by atoms with Crippen molar-refractivity contribution < 1.29 is 9.21 Å². The van der Waals surface area contributed by atoms with Crippen LogP contribution in [0.15, 0.2) is 53.9 Å². The van der Waals surface area contributed by atoms with E-state index in [1.807, 2.05) is 6.07 Å². The normalized spacial score (nSPS) is 10.5. The Morgan fingerprint density at radius 1 is 1.48 bits per heavy atom. The van der Waals surface area contributed by atoms with Crippen molar-refractivity contribution in [2.75, 3.05) is 6.54 Å². The summed E-state index contributed by atoms with van der Waals surface area (Å²) < 4.78 is 6.86. The molecule has 3 rings (SSSR count). The first-order valence-electron chi connectivity index (χ1n) is 7.01. The van der Waals surface area contributed by atoms with E-state index in [4.69, 9.17) is 4.42 Å². The van der Waals surface area contributed by atoms with E-state index in [1.54, 1.807) is 37.6 Å². The number of furan rings is 1. The molecule has 3 heterocycles. The summed E-state index contributed by atoms with van der Waals surface area (Å²) in [5, 5.41) is 6.93. The van der Waals surface area contributed by atoms with Gasteiger partial charge in [-0.25, -0.2) is 14.6 Å². The molecule has 0 aliphatic rings. The summed E-state index contributed by atoms with van der Waals surface area (Å²) in [6.07, 6.45) is 6.32. The quantitative estimate of drug-likeness (QED) is 0.730. The topological polar surface area (TPSA) is 85.8 Å². The number of nitrogens with zero attached hydrogens (tertiary/aromatic N) is 4. The molecule has 0 fully saturated rings. The zero-order chi connectivity index (χ0) is 16.2. The first-order valence-corrected chi connectivity index (χ1v) is 7.01. The Morgan fingerprint density at radius 3 is 3.09 bits per heavy atom. The van der Waals surface area contributed by atoms with Crippen molar-refractivity contribution in [2.24, 2.45) is 0 Å². The first-order chi connectivity index (χ1) is 11.2. The highest BCUT2D eigenvalue weighted by Gasteiger charge is 2.16. The fourth-order valence-electron chi connectivity index (χ4n) is 2.11. The van der Waals surface area contributed by atoms with Crippen LogP contribution in [0, 0.1) is 6.92 Å². The zero-order valence-corrected chi connectivity index (χ0v) is 12.6. The largest absolute Gasteiger partial charge is 0.463 e. The lowest BCUT2D eigenvalue weighted by Gasteiger charge is -2.05. The number of rotatable bonds is 5. The maximum Gasteiger partial charge on any atom is 0.255 e. The molecule has 0 aliphatic carbocycles. The Kier molecular flexibility index (Phi) is 4.01. The Morgan fingerprint density at radius 2 is 2.35 bits per heavy atom. The second-order valence-electron chi connectivity index (χ2n) is 4.77. The van der Waals surface area contributed by atoms with Gasteiger partial charge in [-0.05, 0) is 25.1 Å². The van der Waals surface area contributed by atoms with Crippen molar-refractivity contribution in [3.05, 3.63) is 60.8 Å². The summed E-state index contributed by atoms with van der Waals surface area (Å²) in [6, 6.07) is 5.35. The highest BCUT2D eigenvalue weighted by Crippen LogP contribution is 2.18. The van der Waals surface area contributed by atoms with Gasteiger partial charge in [-0.1, -0.05) is 6.08 Å². The summed E-state index contributed by atoms with van der Waals surface area (Å²) in [4.78, 5) is 20.7. The van der Waals surface area contributed by atoms with E-state index in [0.717, 1.165) is 0 Å². The molecule has 3 aromatic heterocycles. The van der Waals surface area contributed by atoms with Gasteiger partial charge in [0.1, 0.15) is 5.69 Å². The molecular weight excluding hydrogens is 294 g/mol. The van der Waals surface area contributed by atoms with Crippen LogP contribution in [-0.4, -0.2) is 32.2 Å². The van der Waals surface area contributed by atoms with E-state index in [-0.39, 0.29) is 5.91 Å². The number of amides is 1. The van der Waals surface area contributed by atoms with Crippen molar-refractivity contribution in [3.63, 3.8) is 0 Å². The van der Waals surface area contributed by atoms with E-state index in [2.05, 4.69) is 27.0 Å². The van der Waals surface area contributed by atoms with Crippen LogP contribution in [0.1, 0.15) is 16.1 Å². The Hall–Kier alpha value is -3.22. The monoisotopic (exact) mass is 309 g/mol. The molecule has 0 saturated carbocycles. The second-order valence-corrected chi connectivity index (χ2v) is 4.77. The smallest absolute Gasteiger partial charge is 0.255 e. The predicted octanol–water partition coefficient (Wildman–Crippen LogP) is 2.15. The van der Waals surface area contributed by atoms with Crippen molar-refractivity contribution in [3.8, 4) is 17.4 Å². The Bertz CT molecular complexity index is 836. The van der Waals surface area contributed by atoms with Gasteiger partial charge in [0.05, 0.1) is 23.7 Å². The molecule has 0 unspecified atom stereocenters. The molecule has 7 nitrogen and oxygen atoms in total. The second kappa shape index (κ2) is 6.27. The van der Waals surface area contributed by atoms with Crippen molar-refractivity contribution in [1.29, 1.82) is 0 Å². The number of nitrogens with one attached hydrogen (secondary N) is 1. The first kappa shape index (κ1) is 14.7. The average Bonchev–Trinajstić information content (AvgIpc) is 3.22. The maximum absolute atomic E-state index is 12.1. The SMILES string of the molecule is C=CCNC(=O)c1cnn(-c2nccc(-c3ccco3)n2)c1C. The lowest BCUT2D eigenvalue weighted by Crippen LogP contribution is -2.23. The van der Waals surface area contributed by atoms with Crippen LogP contribution in [0.5, 0.6) is 0 Å². The van der Waals surface area contributed by atoms with E-state index >= 15 is 0 Å². The van der Waals surface area contributed by atoms with Gasteiger partial charge in [-0.2, -0.15) is 5.10 Å². The van der Waals surface area contributed by atoms with Gasteiger partial charge < -0.3 is 9.73 Å². The van der Waals surface area contributed by atoms with Crippen molar-refractivity contribution >= 4 is 5.91 Å². The fourth-order valence-corrected chi connectivity index (χ4v) is 2.11. The van der Waals surface area contributed by atoms with E-state index in [9.17, 15) is 4.79 Å². The molecule has 116 valence electrons. The van der Waals surface area contributed by atoms with Gasteiger partial charge in [0, 0.05) is 12.7 Å². The predicted molar refractivity (Wildman–Crippen MR) is 84.1 cm³/mol. The van der Waals surface area contributed by atoms with Gasteiger partial charge >= 0.3 is 0 Å². The van der Waals surface area contributed by atoms with Gasteiger partial charge in [0.25, 0.3) is 11.9 Å². The molecule has 7 heteroatoms. The summed E-state index contributed by atoms with van der Waals surface area (Å²) in [5.74, 6) is 0.803. The molecule has 23 heavy (non-hydrogen) atoms. The van der Waals surface area contributed by atoms with Crippen LogP contribution in [-0.2, 0) is 0 Å². The van der Waals surface area contributed by atoms with Crippen LogP contribution < -0.4 is 5.32 Å². The zero-order valence-electron chi connectivity index (χ0n) is 12.6. The number of carbonyl (C=O) groups is 1. The minimum Gasteiger partial charge on any atom is -0.463 e. The third kappa shape index (κ3) is 2.89. The van der Waals surface area contributed by atoms with Crippen LogP contribution in [0.4, 0.5) is 0 Å². The van der Waals surface area contributed by atoms with Gasteiger partial charge in [0.15, 0.2) is 5.76 Å².